The van der Waals surface area contributed by atoms with Gasteiger partial charge in [0.15, 0.2) is 4.75 Å². The number of hydrogen-bond acceptors (Lipinski definition) is 3. The van der Waals surface area contributed by atoms with Crippen LogP contribution in [0, 0.1) is 0 Å². The Morgan fingerprint density at radius 1 is 1.47 bits per heavy atom. The molecule has 1 heterocycles. The summed E-state index contributed by atoms with van der Waals surface area (Å²) < 4.78 is -1.43. The second-order valence-corrected chi connectivity index (χ2v) is 5.42. The minimum absolute atomic E-state index is 0.365. The minimum Gasteiger partial charge on any atom is -0.480 e. The van der Waals surface area contributed by atoms with Crippen molar-refractivity contribution in [2.24, 2.45) is 0 Å². The summed E-state index contributed by atoms with van der Waals surface area (Å²) in [6, 6.07) is 7.37. The van der Waals surface area contributed by atoms with Gasteiger partial charge in [-0.3, -0.25) is 9.59 Å². The van der Waals surface area contributed by atoms with Crippen molar-refractivity contribution < 1.29 is 14.7 Å². The van der Waals surface area contributed by atoms with Gasteiger partial charge in [-0.05, 0) is 26.0 Å². The quantitative estimate of drug-likeness (QED) is 0.817. The fraction of sp³-hybridized carbons (Fsp3) is 0.333. The Balaban J connectivity index is 2.57. The maximum atomic E-state index is 12.2. The molecule has 90 valence electrons. The third-order valence-corrected chi connectivity index (χ3v) is 4.17. The van der Waals surface area contributed by atoms with Crippen molar-refractivity contribution >= 4 is 29.3 Å². The molecule has 0 spiro atoms. The molecule has 0 fully saturated rings. The summed E-state index contributed by atoms with van der Waals surface area (Å²) in [5, 5.41) is 9.24. The fourth-order valence-electron chi connectivity index (χ4n) is 1.85. The lowest BCUT2D eigenvalue weighted by molar-refractivity contribution is -0.143. The van der Waals surface area contributed by atoms with E-state index in [1.807, 2.05) is 31.2 Å². The third kappa shape index (κ3) is 1.70. The maximum absolute atomic E-state index is 12.2. The smallest absolute Gasteiger partial charge is 0.329 e. The first-order valence-corrected chi connectivity index (χ1v) is 6.15. The molecule has 1 N–H and O–H groups in total. The Morgan fingerprint density at radius 2 is 2.12 bits per heavy atom. The van der Waals surface area contributed by atoms with E-state index in [9.17, 15) is 14.7 Å². The van der Waals surface area contributed by atoms with Gasteiger partial charge in [-0.1, -0.05) is 23.9 Å². The highest BCUT2D eigenvalue weighted by atomic mass is 32.2. The average Bonchev–Trinajstić information content (AvgIpc) is 2.30. The maximum Gasteiger partial charge on any atom is 0.329 e. The standard InChI is InChI=1S/C12H13NO3S/c1-3-13-8-6-4-5-7-9(8)17-12(2,10(13)14)11(15)16/h4-7H,3H2,1-2H3,(H,15,16). The Kier molecular flexibility index (Phi) is 2.87. The summed E-state index contributed by atoms with van der Waals surface area (Å²) in [6.07, 6.45) is 0. The zero-order valence-corrected chi connectivity index (χ0v) is 10.5. The van der Waals surface area contributed by atoms with E-state index >= 15 is 0 Å². The van der Waals surface area contributed by atoms with Gasteiger partial charge in [-0.25, -0.2) is 0 Å². The summed E-state index contributed by atoms with van der Waals surface area (Å²) in [5.74, 6) is -1.46. The van der Waals surface area contributed by atoms with Crippen molar-refractivity contribution in [1.82, 2.24) is 0 Å². The first-order chi connectivity index (χ1) is 8.00. The molecule has 1 aromatic rings. The van der Waals surface area contributed by atoms with Crippen LogP contribution in [0.2, 0.25) is 0 Å². The predicted molar refractivity (Wildman–Crippen MR) is 66.4 cm³/mol. The van der Waals surface area contributed by atoms with Crippen LogP contribution in [0.25, 0.3) is 0 Å². The van der Waals surface area contributed by atoms with Crippen molar-refractivity contribution in [3.63, 3.8) is 0 Å². The second-order valence-electron chi connectivity index (χ2n) is 3.96. The van der Waals surface area contributed by atoms with Crippen molar-refractivity contribution in [3.8, 4) is 0 Å². The number of fused-ring (bicyclic) bond motifs is 1. The number of aliphatic carboxylic acids is 1. The number of rotatable bonds is 2. The molecule has 0 radical (unpaired) electrons. The Bertz CT molecular complexity index is 488. The van der Waals surface area contributed by atoms with E-state index in [2.05, 4.69) is 0 Å². The molecule has 0 saturated heterocycles. The average molecular weight is 251 g/mol. The molecule has 1 aliphatic heterocycles. The molecule has 5 heteroatoms. The molecule has 1 unspecified atom stereocenters. The van der Waals surface area contributed by atoms with Crippen LogP contribution in [-0.2, 0) is 9.59 Å². The largest absolute Gasteiger partial charge is 0.480 e. The first-order valence-electron chi connectivity index (χ1n) is 5.34. The van der Waals surface area contributed by atoms with Crippen LogP contribution in [0.4, 0.5) is 5.69 Å². The molecular weight excluding hydrogens is 238 g/mol. The number of benzene rings is 1. The summed E-state index contributed by atoms with van der Waals surface area (Å²) in [5.41, 5.74) is 0.795. The molecule has 0 aliphatic carbocycles. The van der Waals surface area contributed by atoms with Crippen LogP contribution in [0.1, 0.15) is 13.8 Å². The van der Waals surface area contributed by atoms with E-state index in [-0.39, 0.29) is 5.91 Å². The number of carboxylic acids is 1. The van der Waals surface area contributed by atoms with Gasteiger partial charge in [0.2, 0.25) is 0 Å². The van der Waals surface area contributed by atoms with Crippen LogP contribution in [0.15, 0.2) is 29.2 Å². The SMILES string of the molecule is CCN1C(=O)C(C)(C(=O)O)Sc2ccccc21. The van der Waals surface area contributed by atoms with Crippen LogP contribution >= 0.6 is 11.8 Å². The van der Waals surface area contributed by atoms with Gasteiger partial charge in [0.1, 0.15) is 0 Å². The summed E-state index contributed by atoms with van der Waals surface area (Å²) >= 11 is 1.10. The minimum atomic E-state index is -1.43. The van der Waals surface area contributed by atoms with Gasteiger partial charge in [-0.15, -0.1) is 0 Å². The number of carboxylic acid groups (broad SMARTS) is 1. The molecule has 4 nitrogen and oxygen atoms in total. The van der Waals surface area contributed by atoms with Crippen molar-refractivity contribution in [2.75, 3.05) is 11.4 Å². The van der Waals surface area contributed by atoms with Gasteiger partial charge in [0, 0.05) is 11.4 Å². The number of anilines is 1. The van der Waals surface area contributed by atoms with Crippen LogP contribution in [0.5, 0.6) is 0 Å². The Hall–Kier alpha value is -1.49. The van der Waals surface area contributed by atoms with E-state index in [4.69, 9.17) is 0 Å². The zero-order valence-electron chi connectivity index (χ0n) is 9.64. The molecular formula is C12H13NO3S. The van der Waals surface area contributed by atoms with E-state index in [0.717, 1.165) is 22.3 Å². The highest BCUT2D eigenvalue weighted by Gasteiger charge is 2.49. The molecule has 1 amide bonds. The van der Waals surface area contributed by atoms with Crippen LogP contribution in [0.3, 0.4) is 0 Å². The van der Waals surface area contributed by atoms with Crippen molar-refractivity contribution in [3.05, 3.63) is 24.3 Å². The van der Waals surface area contributed by atoms with Gasteiger partial charge >= 0.3 is 5.97 Å². The molecule has 17 heavy (non-hydrogen) atoms. The lowest BCUT2D eigenvalue weighted by Gasteiger charge is -2.36. The third-order valence-electron chi connectivity index (χ3n) is 2.85. The van der Waals surface area contributed by atoms with E-state index < -0.39 is 10.7 Å². The number of carbonyl (C=O) groups is 2. The summed E-state index contributed by atoms with van der Waals surface area (Å²) in [6.45, 7) is 3.77. The summed E-state index contributed by atoms with van der Waals surface area (Å²) in [4.78, 5) is 25.9. The highest BCUT2D eigenvalue weighted by molar-refractivity contribution is 8.02. The van der Waals surface area contributed by atoms with Gasteiger partial charge < -0.3 is 10.0 Å². The number of hydrogen-bond donors (Lipinski definition) is 1. The second kappa shape index (κ2) is 4.07. The molecule has 0 aromatic heterocycles. The number of carbonyl (C=O) groups excluding carboxylic acids is 1. The molecule has 2 rings (SSSR count). The predicted octanol–water partition coefficient (Wildman–Crippen LogP) is 1.99. The lowest BCUT2D eigenvalue weighted by Crippen LogP contribution is -2.52. The van der Waals surface area contributed by atoms with Gasteiger partial charge in [-0.2, -0.15) is 0 Å². The number of thioether (sulfide) groups is 1. The van der Waals surface area contributed by atoms with E-state index in [1.165, 1.54) is 11.8 Å². The van der Waals surface area contributed by atoms with Crippen molar-refractivity contribution in [1.29, 1.82) is 0 Å². The van der Waals surface area contributed by atoms with Crippen LogP contribution < -0.4 is 4.90 Å². The monoisotopic (exact) mass is 251 g/mol. The Morgan fingerprint density at radius 3 is 2.71 bits per heavy atom. The lowest BCUT2D eigenvalue weighted by atomic mass is 10.1. The molecule has 1 aliphatic rings. The first kappa shape index (κ1) is 12.0. The molecule has 1 aromatic carbocycles. The van der Waals surface area contributed by atoms with Crippen molar-refractivity contribution in [2.45, 2.75) is 23.5 Å². The fourth-order valence-corrected chi connectivity index (χ4v) is 3.00. The molecule has 1 atom stereocenters. The van der Waals surface area contributed by atoms with Gasteiger partial charge in [0.05, 0.1) is 5.69 Å². The Labute approximate surface area is 104 Å². The molecule has 0 saturated carbocycles. The van der Waals surface area contributed by atoms with E-state index in [1.54, 1.807) is 0 Å². The number of nitrogens with zero attached hydrogens (tertiary/aromatic N) is 1. The highest BCUT2D eigenvalue weighted by Crippen LogP contribution is 2.45. The summed E-state index contributed by atoms with van der Waals surface area (Å²) in [7, 11) is 0. The van der Waals surface area contributed by atoms with E-state index in [0.29, 0.717) is 6.54 Å². The molecule has 0 bridgehead atoms. The topological polar surface area (TPSA) is 57.6 Å². The van der Waals surface area contributed by atoms with Gasteiger partial charge in [0.25, 0.3) is 5.91 Å². The van der Waals surface area contributed by atoms with Crippen LogP contribution in [-0.4, -0.2) is 28.3 Å². The number of para-hydroxylation sites is 1. The number of amides is 1. The normalized spacial score (nSPS) is 23.4. The zero-order chi connectivity index (χ0) is 12.6.